The molecule has 0 aliphatic carbocycles. The van der Waals surface area contributed by atoms with Crippen molar-refractivity contribution in [3.05, 3.63) is 78.1 Å². The van der Waals surface area contributed by atoms with Crippen LogP contribution >= 0.6 is 0 Å². The Kier molecular flexibility index (Phi) is 2.64. The van der Waals surface area contributed by atoms with Crippen molar-refractivity contribution < 1.29 is 9.21 Å². The Labute approximate surface area is 122 Å². The van der Waals surface area contributed by atoms with E-state index in [1.165, 1.54) is 0 Å². The van der Waals surface area contributed by atoms with Gasteiger partial charge in [0.2, 0.25) is 0 Å². The van der Waals surface area contributed by atoms with Crippen molar-refractivity contribution in [2.75, 3.05) is 4.90 Å². The Morgan fingerprint density at radius 1 is 0.905 bits per heavy atom. The predicted molar refractivity (Wildman–Crippen MR) is 81.1 cm³/mol. The number of carbonyl (C=O) groups is 1. The highest BCUT2D eigenvalue weighted by molar-refractivity contribution is 6.10. The Morgan fingerprint density at radius 3 is 2.43 bits per heavy atom. The van der Waals surface area contributed by atoms with Gasteiger partial charge in [-0.15, -0.1) is 0 Å². The van der Waals surface area contributed by atoms with Crippen LogP contribution in [0.4, 0.5) is 5.69 Å². The van der Waals surface area contributed by atoms with Crippen LogP contribution in [0.5, 0.6) is 0 Å². The third kappa shape index (κ3) is 1.94. The molecule has 0 bridgehead atoms. The lowest BCUT2D eigenvalue weighted by molar-refractivity contribution is 0.0996. The van der Waals surface area contributed by atoms with Crippen LogP contribution in [0.3, 0.4) is 0 Å². The van der Waals surface area contributed by atoms with Crippen LogP contribution in [-0.4, -0.2) is 5.91 Å². The Bertz CT molecular complexity index is 788. The zero-order valence-corrected chi connectivity index (χ0v) is 11.3. The molecule has 0 spiro atoms. The van der Waals surface area contributed by atoms with E-state index < -0.39 is 0 Å². The molecule has 1 aromatic heterocycles. The van der Waals surface area contributed by atoms with E-state index >= 15 is 0 Å². The first-order valence-electron chi connectivity index (χ1n) is 6.87. The van der Waals surface area contributed by atoms with E-state index in [0.29, 0.717) is 6.54 Å². The zero-order chi connectivity index (χ0) is 14.2. The van der Waals surface area contributed by atoms with E-state index in [2.05, 4.69) is 0 Å². The van der Waals surface area contributed by atoms with E-state index in [9.17, 15) is 4.79 Å². The maximum absolute atomic E-state index is 12.4. The lowest BCUT2D eigenvalue weighted by atomic mass is 10.1. The first kappa shape index (κ1) is 12.0. The van der Waals surface area contributed by atoms with E-state index in [1.54, 1.807) is 11.2 Å². The predicted octanol–water partition coefficient (Wildman–Crippen LogP) is 4.11. The summed E-state index contributed by atoms with van der Waals surface area (Å²) >= 11 is 0. The maximum atomic E-state index is 12.4. The fourth-order valence-electron chi connectivity index (χ4n) is 2.71. The SMILES string of the molecule is O=C1c2ccccc2CN1c1ccc(-c2ccco2)cc1. The number of furan rings is 1. The smallest absolute Gasteiger partial charge is 0.258 e. The van der Waals surface area contributed by atoms with Gasteiger partial charge in [-0.05, 0) is 48.0 Å². The van der Waals surface area contributed by atoms with Gasteiger partial charge >= 0.3 is 0 Å². The number of rotatable bonds is 2. The number of benzene rings is 2. The van der Waals surface area contributed by atoms with Crippen LogP contribution in [0.1, 0.15) is 15.9 Å². The van der Waals surface area contributed by atoms with E-state index in [0.717, 1.165) is 28.1 Å². The second kappa shape index (κ2) is 4.63. The fraction of sp³-hybridized carbons (Fsp3) is 0.0556. The number of fused-ring (bicyclic) bond motifs is 1. The van der Waals surface area contributed by atoms with Crippen molar-refractivity contribution in [1.82, 2.24) is 0 Å². The van der Waals surface area contributed by atoms with Gasteiger partial charge in [0, 0.05) is 16.8 Å². The highest BCUT2D eigenvalue weighted by Crippen LogP contribution is 2.30. The van der Waals surface area contributed by atoms with Gasteiger partial charge in [0.05, 0.1) is 12.8 Å². The standard InChI is InChI=1S/C18H13NO2/c20-18-16-5-2-1-4-14(16)12-19(18)15-9-7-13(8-10-15)17-6-3-11-21-17/h1-11H,12H2. The monoisotopic (exact) mass is 275 g/mol. The van der Waals surface area contributed by atoms with Gasteiger partial charge in [0.1, 0.15) is 5.76 Å². The number of carbonyl (C=O) groups excluding carboxylic acids is 1. The summed E-state index contributed by atoms with van der Waals surface area (Å²) < 4.78 is 5.38. The van der Waals surface area contributed by atoms with Crippen LogP contribution in [0.25, 0.3) is 11.3 Å². The molecule has 2 heterocycles. The normalized spacial score (nSPS) is 13.5. The molecule has 1 aliphatic rings. The largest absolute Gasteiger partial charge is 0.464 e. The number of anilines is 1. The van der Waals surface area contributed by atoms with Gasteiger partial charge in [-0.2, -0.15) is 0 Å². The lowest BCUT2D eigenvalue weighted by Gasteiger charge is -2.15. The average Bonchev–Trinajstić information content (AvgIpc) is 3.17. The van der Waals surface area contributed by atoms with Gasteiger partial charge in [-0.3, -0.25) is 4.79 Å². The van der Waals surface area contributed by atoms with Gasteiger partial charge in [0.15, 0.2) is 0 Å². The molecule has 1 aliphatic heterocycles. The molecular weight excluding hydrogens is 262 g/mol. The molecule has 4 rings (SSSR count). The van der Waals surface area contributed by atoms with Crippen molar-refractivity contribution in [3.8, 4) is 11.3 Å². The second-order valence-electron chi connectivity index (χ2n) is 5.07. The van der Waals surface area contributed by atoms with Crippen LogP contribution in [0, 0.1) is 0 Å². The van der Waals surface area contributed by atoms with Gasteiger partial charge in [-0.1, -0.05) is 18.2 Å². The van der Waals surface area contributed by atoms with Crippen molar-refractivity contribution in [1.29, 1.82) is 0 Å². The molecule has 0 saturated carbocycles. The third-order valence-corrected chi connectivity index (χ3v) is 3.81. The number of nitrogens with zero attached hydrogens (tertiary/aromatic N) is 1. The van der Waals surface area contributed by atoms with Gasteiger partial charge in [-0.25, -0.2) is 0 Å². The average molecular weight is 275 g/mol. The lowest BCUT2D eigenvalue weighted by Crippen LogP contribution is -2.22. The Hall–Kier alpha value is -2.81. The van der Waals surface area contributed by atoms with E-state index in [1.807, 2.05) is 60.7 Å². The molecule has 3 heteroatoms. The van der Waals surface area contributed by atoms with Crippen LogP contribution in [-0.2, 0) is 6.54 Å². The van der Waals surface area contributed by atoms with Gasteiger partial charge in [0.25, 0.3) is 5.91 Å². The zero-order valence-electron chi connectivity index (χ0n) is 11.3. The molecule has 3 nitrogen and oxygen atoms in total. The van der Waals surface area contributed by atoms with Crippen molar-refractivity contribution in [2.45, 2.75) is 6.54 Å². The molecule has 0 N–H and O–H groups in total. The summed E-state index contributed by atoms with van der Waals surface area (Å²) in [6.45, 7) is 0.634. The van der Waals surface area contributed by atoms with E-state index in [-0.39, 0.29) is 5.91 Å². The van der Waals surface area contributed by atoms with Gasteiger partial charge < -0.3 is 9.32 Å². The maximum Gasteiger partial charge on any atom is 0.258 e. The molecule has 0 atom stereocenters. The van der Waals surface area contributed by atoms with Crippen molar-refractivity contribution in [3.63, 3.8) is 0 Å². The van der Waals surface area contributed by atoms with Crippen molar-refractivity contribution >= 4 is 11.6 Å². The van der Waals surface area contributed by atoms with E-state index in [4.69, 9.17) is 4.42 Å². The molecule has 0 saturated heterocycles. The quantitative estimate of drug-likeness (QED) is 0.705. The summed E-state index contributed by atoms with van der Waals surface area (Å²) in [5, 5.41) is 0. The summed E-state index contributed by atoms with van der Waals surface area (Å²) in [6, 6.07) is 19.4. The summed E-state index contributed by atoms with van der Waals surface area (Å²) in [6.07, 6.45) is 1.66. The number of amides is 1. The Balaban J connectivity index is 1.65. The molecular formula is C18H13NO2. The summed E-state index contributed by atoms with van der Waals surface area (Å²) in [5.74, 6) is 0.897. The topological polar surface area (TPSA) is 33.5 Å². The summed E-state index contributed by atoms with van der Waals surface area (Å²) in [5.41, 5.74) is 3.80. The van der Waals surface area contributed by atoms with Crippen LogP contribution in [0.15, 0.2) is 71.3 Å². The molecule has 21 heavy (non-hydrogen) atoms. The minimum atomic E-state index is 0.0661. The summed E-state index contributed by atoms with van der Waals surface area (Å²) in [7, 11) is 0. The Morgan fingerprint density at radius 2 is 1.71 bits per heavy atom. The van der Waals surface area contributed by atoms with Crippen molar-refractivity contribution in [2.24, 2.45) is 0 Å². The number of hydrogen-bond donors (Lipinski definition) is 0. The first-order chi connectivity index (χ1) is 10.3. The number of hydrogen-bond acceptors (Lipinski definition) is 2. The first-order valence-corrected chi connectivity index (χ1v) is 6.87. The molecule has 0 unspecified atom stereocenters. The third-order valence-electron chi connectivity index (χ3n) is 3.81. The highest BCUT2D eigenvalue weighted by Gasteiger charge is 2.27. The minimum absolute atomic E-state index is 0.0661. The molecule has 3 aromatic rings. The molecule has 0 fully saturated rings. The highest BCUT2D eigenvalue weighted by atomic mass is 16.3. The van der Waals surface area contributed by atoms with Crippen LogP contribution in [0.2, 0.25) is 0 Å². The van der Waals surface area contributed by atoms with Crippen LogP contribution < -0.4 is 4.90 Å². The minimum Gasteiger partial charge on any atom is -0.464 e. The molecule has 1 amide bonds. The molecule has 102 valence electrons. The fourth-order valence-corrected chi connectivity index (χ4v) is 2.71. The summed E-state index contributed by atoms with van der Waals surface area (Å²) in [4.78, 5) is 14.2. The second-order valence-corrected chi connectivity index (χ2v) is 5.07. The molecule has 0 radical (unpaired) electrons. The molecule has 2 aromatic carbocycles.